The molecule has 0 aliphatic rings. The number of carbonyl (C=O) groups excluding carboxylic acids is 2. The fourth-order valence-corrected chi connectivity index (χ4v) is 3.03. The lowest BCUT2D eigenvalue weighted by molar-refractivity contribution is -0.139. The Kier molecular flexibility index (Phi) is 6.93. The van der Waals surface area contributed by atoms with Crippen molar-refractivity contribution in [2.24, 2.45) is 0 Å². The third kappa shape index (κ3) is 4.57. The maximum Gasteiger partial charge on any atom is 0.330 e. The van der Waals surface area contributed by atoms with E-state index in [9.17, 15) is 19.5 Å². The molecule has 2 rings (SSSR count). The molecule has 28 heavy (non-hydrogen) atoms. The van der Waals surface area contributed by atoms with Crippen LogP contribution in [0.5, 0.6) is 0 Å². The van der Waals surface area contributed by atoms with Crippen LogP contribution in [-0.4, -0.2) is 40.9 Å². The van der Waals surface area contributed by atoms with E-state index in [1.54, 1.807) is 29.2 Å². The maximum atomic E-state index is 12.6. The summed E-state index contributed by atoms with van der Waals surface area (Å²) in [5.41, 5.74) is 3.12. The average molecular weight is 382 g/mol. The zero-order chi connectivity index (χ0) is 20.8. The molecule has 6 heteroatoms. The molecule has 0 fully saturated rings. The van der Waals surface area contributed by atoms with E-state index in [1.807, 2.05) is 33.8 Å². The fourth-order valence-electron chi connectivity index (χ4n) is 3.03. The molecule has 0 aliphatic heterocycles. The summed E-state index contributed by atoms with van der Waals surface area (Å²) >= 11 is 0. The summed E-state index contributed by atoms with van der Waals surface area (Å²) in [6, 6.07) is 10.5. The Balaban J connectivity index is 2.22. The van der Waals surface area contributed by atoms with Crippen LogP contribution in [0.15, 0.2) is 42.5 Å². The van der Waals surface area contributed by atoms with Crippen LogP contribution in [0, 0.1) is 13.8 Å². The van der Waals surface area contributed by atoms with Crippen molar-refractivity contribution >= 4 is 17.8 Å². The quantitative estimate of drug-likeness (QED) is 0.769. The number of nitrogens with zero attached hydrogens (tertiary/aromatic N) is 1. The van der Waals surface area contributed by atoms with E-state index in [1.165, 1.54) is 12.1 Å². The minimum atomic E-state index is -1.15. The zero-order valence-electron chi connectivity index (χ0n) is 16.7. The molecule has 2 amide bonds. The van der Waals surface area contributed by atoms with Gasteiger partial charge in [0, 0.05) is 24.2 Å². The molecule has 0 radical (unpaired) electrons. The number of carbonyl (C=O) groups is 3. The smallest absolute Gasteiger partial charge is 0.330 e. The summed E-state index contributed by atoms with van der Waals surface area (Å²) in [5, 5.41) is 12.2. The van der Waals surface area contributed by atoms with Gasteiger partial charge in [0.25, 0.3) is 11.8 Å². The molecular weight excluding hydrogens is 356 g/mol. The number of benzene rings is 2. The van der Waals surface area contributed by atoms with Gasteiger partial charge in [0.2, 0.25) is 0 Å². The van der Waals surface area contributed by atoms with Crippen molar-refractivity contribution in [3.8, 4) is 0 Å². The van der Waals surface area contributed by atoms with Gasteiger partial charge in [-0.1, -0.05) is 18.2 Å². The minimum absolute atomic E-state index is 0.101. The average Bonchev–Trinajstić information content (AvgIpc) is 2.69. The highest BCUT2D eigenvalue weighted by Crippen LogP contribution is 2.21. The van der Waals surface area contributed by atoms with Gasteiger partial charge >= 0.3 is 5.97 Å². The molecular formula is C22H26N2O4. The summed E-state index contributed by atoms with van der Waals surface area (Å²) < 4.78 is 0. The van der Waals surface area contributed by atoms with E-state index in [-0.39, 0.29) is 5.91 Å². The monoisotopic (exact) mass is 382 g/mol. The van der Waals surface area contributed by atoms with E-state index >= 15 is 0 Å². The first-order chi connectivity index (χ1) is 13.3. The number of hydrogen-bond donors (Lipinski definition) is 2. The van der Waals surface area contributed by atoms with E-state index in [4.69, 9.17) is 0 Å². The lowest BCUT2D eigenvalue weighted by Gasteiger charge is -2.19. The van der Waals surface area contributed by atoms with Crippen molar-refractivity contribution < 1.29 is 19.5 Å². The number of hydrogen-bond acceptors (Lipinski definition) is 3. The van der Waals surface area contributed by atoms with Crippen LogP contribution >= 0.6 is 0 Å². The molecule has 0 aromatic heterocycles. The molecule has 0 saturated carbocycles. The Morgan fingerprint density at radius 2 is 1.54 bits per heavy atom. The van der Waals surface area contributed by atoms with Crippen molar-refractivity contribution in [2.45, 2.75) is 33.7 Å². The predicted octanol–water partition coefficient (Wildman–Crippen LogP) is 3.34. The molecule has 0 heterocycles. The van der Waals surface area contributed by atoms with E-state index in [0.29, 0.717) is 29.8 Å². The molecule has 0 saturated heterocycles. The molecule has 6 nitrogen and oxygen atoms in total. The van der Waals surface area contributed by atoms with Gasteiger partial charge in [0.05, 0.1) is 0 Å². The summed E-state index contributed by atoms with van der Waals surface area (Å²) in [6.45, 7) is 8.75. The summed E-state index contributed by atoms with van der Waals surface area (Å²) in [5.74, 6) is -1.73. The van der Waals surface area contributed by atoms with Gasteiger partial charge in [-0.05, 0) is 68.7 Å². The first kappa shape index (κ1) is 21.2. The predicted molar refractivity (Wildman–Crippen MR) is 107 cm³/mol. The minimum Gasteiger partial charge on any atom is -0.479 e. The van der Waals surface area contributed by atoms with Crippen LogP contribution in [0.3, 0.4) is 0 Å². The first-order valence-electron chi connectivity index (χ1n) is 9.29. The number of amides is 2. The van der Waals surface area contributed by atoms with Crippen molar-refractivity contribution in [3.63, 3.8) is 0 Å². The summed E-state index contributed by atoms with van der Waals surface area (Å²) in [6.07, 6.45) is 0. The lowest BCUT2D eigenvalue weighted by atomic mass is 9.97. The third-order valence-electron chi connectivity index (χ3n) is 4.92. The Morgan fingerprint density at radius 1 is 0.964 bits per heavy atom. The second-order valence-electron chi connectivity index (χ2n) is 6.59. The largest absolute Gasteiger partial charge is 0.479 e. The maximum absolute atomic E-state index is 12.6. The van der Waals surface area contributed by atoms with Crippen LogP contribution in [0.2, 0.25) is 0 Å². The van der Waals surface area contributed by atoms with Gasteiger partial charge < -0.3 is 15.3 Å². The summed E-state index contributed by atoms with van der Waals surface area (Å²) in [4.78, 5) is 38.4. The van der Waals surface area contributed by atoms with Gasteiger partial charge in [0.1, 0.15) is 0 Å². The number of carboxylic acid groups (broad SMARTS) is 1. The van der Waals surface area contributed by atoms with Crippen LogP contribution in [0.25, 0.3) is 0 Å². The number of rotatable bonds is 7. The molecule has 1 atom stereocenters. The number of nitrogens with one attached hydrogen (secondary N) is 1. The normalized spacial score (nSPS) is 11.6. The zero-order valence-corrected chi connectivity index (χ0v) is 16.7. The highest BCUT2D eigenvalue weighted by atomic mass is 16.4. The second-order valence-corrected chi connectivity index (χ2v) is 6.59. The topological polar surface area (TPSA) is 86.7 Å². The SMILES string of the molecule is CCN(CC)C(=O)c1ccc(C(=O)NC(C(=O)O)c2cccc(C)c2C)cc1. The Hall–Kier alpha value is -3.15. The van der Waals surface area contributed by atoms with Crippen LogP contribution in [-0.2, 0) is 4.79 Å². The molecule has 0 aliphatic carbocycles. The molecule has 2 aromatic rings. The van der Waals surface area contributed by atoms with Gasteiger partial charge in [-0.25, -0.2) is 4.79 Å². The number of aryl methyl sites for hydroxylation is 1. The van der Waals surface area contributed by atoms with Gasteiger partial charge in [-0.15, -0.1) is 0 Å². The van der Waals surface area contributed by atoms with Gasteiger partial charge in [-0.2, -0.15) is 0 Å². The Morgan fingerprint density at radius 3 is 2.07 bits per heavy atom. The first-order valence-corrected chi connectivity index (χ1v) is 9.29. The van der Waals surface area contributed by atoms with E-state index in [2.05, 4.69) is 5.32 Å². The molecule has 0 spiro atoms. The van der Waals surface area contributed by atoms with Crippen molar-refractivity contribution in [3.05, 3.63) is 70.3 Å². The van der Waals surface area contributed by atoms with Crippen LogP contribution < -0.4 is 5.32 Å². The Labute approximate surface area is 165 Å². The Bertz CT molecular complexity index is 871. The number of carboxylic acids is 1. The van der Waals surface area contributed by atoms with Crippen molar-refractivity contribution in [1.82, 2.24) is 10.2 Å². The molecule has 2 aromatic carbocycles. The van der Waals surface area contributed by atoms with Crippen molar-refractivity contribution in [1.29, 1.82) is 0 Å². The standard InChI is InChI=1S/C22H26N2O4/c1-5-24(6-2)21(26)17-12-10-16(11-13-17)20(25)23-19(22(27)28)18-9-7-8-14(3)15(18)4/h7-13,19H,5-6H2,1-4H3,(H,23,25)(H,27,28). The van der Waals surface area contributed by atoms with E-state index in [0.717, 1.165) is 11.1 Å². The third-order valence-corrected chi connectivity index (χ3v) is 4.92. The van der Waals surface area contributed by atoms with Gasteiger partial charge in [0.15, 0.2) is 6.04 Å². The summed E-state index contributed by atoms with van der Waals surface area (Å²) in [7, 11) is 0. The fraction of sp³-hybridized carbons (Fsp3) is 0.318. The van der Waals surface area contributed by atoms with Crippen LogP contribution in [0.1, 0.15) is 57.3 Å². The second kappa shape index (κ2) is 9.17. The molecule has 2 N–H and O–H groups in total. The molecule has 0 bridgehead atoms. The highest BCUT2D eigenvalue weighted by Gasteiger charge is 2.25. The van der Waals surface area contributed by atoms with Crippen molar-refractivity contribution in [2.75, 3.05) is 13.1 Å². The van der Waals surface area contributed by atoms with E-state index < -0.39 is 17.9 Å². The lowest BCUT2D eigenvalue weighted by Crippen LogP contribution is -2.34. The van der Waals surface area contributed by atoms with Crippen LogP contribution in [0.4, 0.5) is 0 Å². The molecule has 148 valence electrons. The molecule has 1 unspecified atom stereocenters. The highest BCUT2D eigenvalue weighted by molar-refractivity contribution is 5.99. The number of aliphatic carboxylic acids is 1. The van der Waals surface area contributed by atoms with Gasteiger partial charge in [-0.3, -0.25) is 9.59 Å².